The van der Waals surface area contributed by atoms with Crippen LogP contribution in [-0.2, 0) is 9.59 Å². The summed E-state index contributed by atoms with van der Waals surface area (Å²) in [7, 11) is 1.65. The number of halogens is 1. The molecule has 0 bridgehead atoms. The number of carbonyl (C=O) groups excluding carboxylic acids is 2. The van der Waals surface area contributed by atoms with Crippen molar-refractivity contribution in [2.45, 2.75) is 25.4 Å². The lowest BCUT2D eigenvalue weighted by Crippen LogP contribution is -2.45. The topological polar surface area (TPSA) is 71.3 Å². The van der Waals surface area contributed by atoms with Gasteiger partial charge in [0.1, 0.15) is 24.7 Å². The highest BCUT2D eigenvalue weighted by atomic mass is 35.5. The number of rotatable bonds is 4. The molecule has 8 heteroatoms. The van der Waals surface area contributed by atoms with Crippen molar-refractivity contribution >= 4 is 29.1 Å². The van der Waals surface area contributed by atoms with Crippen molar-refractivity contribution in [2.75, 3.05) is 18.5 Å². The van der Waals surface area contributed by atoms with Gasteiger partial charge in [0.05, 0.1) is 10.7 Å². The van der Waals surface area contributed by atoms with Crippen LogP contribution in [0.5, 0.6) is 0 Å². The van der Waals surface area contributed by atoms with E-state index in [0.717, 1.165) is 0 Å². The summed E-state index contributed by atoms with van der Waals surface area (Å²) in [6.07, 6.45) is 3.43. The van der Waals surface area contributed by atoms with Crippen LogP contribution in [0.25, 0.3) is 0 Å². The van der Waals surface area contributed by atoms with Crippen molar-refractivity contribution in [1.82, 2.24) is 19.7 Å². The molecule has 1 saturated heterocycles. The van der Waals surface area contributed by atoms with Crippen LogP contribution < -0.4 is 4.90 Å². The fourth-order valence-electron chi connectivity index (χ4n) is 2.91. The molecule has 0 aliphatic carbocycles. The minimum absolute atomic E-state index is 0.121. The molecule has 7 nitrogen and oxygen atoms in total. The molecular weight excluding hydrogens is 330 g/mol. The molecule has 3 rings (SSSR count). The highest BCUT2D eigenvalue weighted by Crippen LogP contribution is 2.30. The number of anilines is 1. The first-order valence-electron chi connectivity index (χ1n) is 7.67. The van der Waals surface area contributed by atoms with Gasteiger partial charge in [0.25, 0.3) is 0 Å². The van der Waals surface area contributed by atoms with Gasteiger partial charge in [0.15, 0.2) is 0 Å². The van der Waals surface area contributed by atoms with Gasteiger partial charge in [0.2, 0.25) is 11.8 Å². The maximum Gasteiger partial charge on any atom is 0.249 e. The van der Waals surface area contributed by atoms with Crippen molar-refractivity contribution in [3.05, 3.63) is 41.9 Å². The molecule has 0 N–H and O–H groups in total. The zero-order chi connectivity index (χ0) is 17.3. The Kier molecular flexibility index (Phi) is 4.53. The zero-order valence-corrected chi connectivity index (χ0v) is 14.2. The van der Waals surface area contributed by atoms with Gasteiger partial charge in [-0.3, -0.25) is 9.59 Å². The van der Waals surface area contributed by atoms with Crippen LogP contribution in [-0.4, -0.2) is 51.1 Å². The molecule has 2 atom stereocenters. The van der Waals surface area contributed by atoms with E-state index < -0.39 is 12.1 Å². The fraction of sp³-hybridized carbons (Fsp3) is 0.375. The maximum atomic E-state index is 12.8. The monoisotopic (exact) mass is 347 g/mol. The Morgan fingerprint density at radius 2 is 2.17 bits per heavy atom. The molecule has 1 aromatic carbocycles. The van der Waals surface area contributed by atoms with Gasteiger partial charge < -0.3 is 9.80 Å². The average molecular weight is 348 g/mol. The molecule has 0 saturated carbocycles. The molecule has 1 aliphatic rings. The van der Waals surface area contributed by atoms with Crippen molar-refractivity contribution in [3.63, 3.8) is 0 Å². The fourth-order valence-corrected chi connectivity index (χ4v) is 3.15. The first kappa shape index (κ1) is 16.4. The number of amides is 2. The lowest BCUT2D eigenvalue weighted by atomic mass is 10.2. The van der Waals surface area contributed by atoms with Gasteiger partial charge in [-0.15, -0.1) is 0 Å². The third-order valence-electron chi connectivity index (χ3n) is 4.33. The van der Waals surface area contributed by atoms with E-state index in [9.17, 15) is 9.59 Å². The van der Waals surface area contributed by atoms with Gasteiger partial charge in [-0.25, -0.2) is 9.67 Å². The summed E-state index contributed by atoms with van der Waals surface area (Å²) >= 11 is 6.18. The Hall–Kier alpha value is -2.41. The van der Waals surface area contributed by atoms with Crippen LogP contribution in [0, 0.1) is 0 Å². The predicted molar refractivity (Wildman–Crippen MR) is 89.7 cm³/mol. The van der Waals surface area contributed by atoms with Crippen LogP contribution >= 0.6 is 11.6 Å². The lowest BCUT2D eigenvalue weighted by Gasteiger charge is -2.26. The zero-order valence-electron chi connectivity index (χ0n) is 13.5. The molecule has 1 fully saturated rings. The lowest BCUT2D eigenvalue weighted by molar-refractivity contribution is -0.139. The van der Waals surface area contributed by atoms with Gasteiger partial charge in [-0.05, 0) is 25.5 Å². The number of hydrogen-bond acceptors (Lipinski definition) is 4. The number of hydrogen-bond donors (Lipinski definition) is 0. The Labute approximate surface area is 144 Å². The molecule has 2 unspecified atom stereocenters. The van der Waals surface area contributed by atoms with E-state index in [4.69, 9.17) is 11.6 Å². The van der Waals surface area contributed by atoms with E-state index in [2.05, 4.69) is 10.1 Å². The number of likely N-dealkylation sites (N-methyl/N-ethyl adjacent to an activating group) is 1. The Bertz CT molecular complexity index is 749. The SMILES string of the molecule is CC(C(=O)N(C)C1CCN(c2ccccc2Cl)C1=O)n1cncn1. The van der Waals surface area contributed by atoms with Crippen molar-refractivity contribution in [1.29, 1.82) is 0 Å². The van der Waals surface area contributed by atoms with Gasteiger partial charge in [-0.1, -0.05) is 23.7 Å². The predicted octanol–water partition coefficient (Wildman–Crippen LogP) is 1.76. The molecule has 1 aromatic heterocycles. The molecule has 24 heavy (non-hydrogen) atoms. The second kappa shape index (κ2) is 6.60. The van der Waals surface area contributed by atoms with E-state index in [1.54, 1.807) is 24.9 Å². The summed E-state index contributed by atoms with van der Waals surface area (Å²) in [6, 6.07) is 6.20. The van der Waals surface area contributed by atoms with Crippen molar-refractivity contribution < 1.29 is 9.59 Å². The maximum absolute atomic E-state index is 12.8. The van der Waals surface area contributed by atoms with E-state index >= 15 is 0 Å². The van der Waals surface area contributed by atoms with Gasteiger partial charge >= 0.3 is 0 Å². The van der Waals surface area contributed by atoms with E-state index in [1.165, 1.54) is 22.2 Å². The summed E-state index contributed by atoms with van der Waals surface area (Å²) in [5.41, 5.74) is 0.678. The largest absolute Gasteiger partial charge is 0.332 e. The number of benzene rings is 1. The van der Waals surface area contributed by atoms with E-state index in [1.807, 2.05) is 18.2 Å². The Morgan fingerprint density at radius 1 is 1.42 bits per heavy atom. The van der Waals surface area contributed by atoms with Gasteiger partial charge in [0, 0.05) is 13.6 Å². The molecule has 2 aromatic rings. The van der Waals surface area contributed by atoms with Crippen molar-refractivity contribution in [3.8, 4) is 0 Å². The first-order valence-corrected chi connectivity index (χ1v) is 8.05. The van der Waals surface area contributed by atoms with Crippen LogP contribution in [0.1, 0.15) is 19.4 Å². The van der Waals surface area contributed by atoms with Crippen LogP contribution in [0.3, 0.4) is 0 Å². The van der Waals surface area contributed by atoms with Crippen LogP contribution in [0.4, 0.5) is 5.69 Å². The minimum atomic E-state index is -0.514. The smallest absolute Gasteiger partial charge is 0.249 e. The number of para-hydroxylation sites is 1. The standard InChI is InChI=1S/C16H18ClN5O2/c1-11(22-10-18-9-19-22)15(23)20(2)14-7-8-21(16(14)24)13-6-4-3-5-12(13)17/h3-6,9-11,14H,7-8H2,1-2H3. The number of aromatic nitrogens is 3. The molecule has 0 radical (unpaired) electrons. The van der Waals surface area contributed by atoms with Crippen molar-refractivity contribution in [2.24, 2.45) is 0 Å². The Balaban J connectivity index is 1.75. The highest BCUT2D eigenvalue weighted by Gasteiger charge is 2.39. The van der Waals surface area contributed by atoms with E-state index in [0.29, 0.717) is 23.7 Å². The third kappa shape index (κ3) is 2.87. The number of nitrogens with zero attached hydrogens (tertiary/aromatic N) is 5. The molecule has 1 aliphatic heterocycles. The minimum Gasteiger partial charge on any atom is -0.332 e. The normalized spacial score (nSPS) is 18.7. The summed E-state index contributed by atoms with van der Waals surface area (Å²) in [6.45, 7) is 2.27. The summed E-state index contributed by atoms with van der Waals surface area (Å²) < 4.78 is 1.48. The summed E-state index contributed by atoms with van der Waals surface area (Å²) in [4.78, 5) is 32.4. The van der Waals surface area contributed by atoms with E-state index in [-0.39, 0.29) is 11.8 Å². The van der Waals surface area contributed by atoms with Gasteiger partial charge in [-0.2, -0.15) is 5.10 Å². The van der Waals surface area contributed by atoms with Crippen LogP contribution in [0.2, 0.25) is 5.02 Å². The molecule has 0 spiro atoms. The highest BCUT2D eigenvalue weighted by molar-refractivity contribution is 6.34. The summed E-state index contributed by atoms with van der Waals surface area (Å²) in [5.74, 6) is -0.301. The second-order valence-corrected chi connectivity index (χ2v) is 6.15. The molecule has 2 amide bonds. The Morgan fingerprint density at radius 3 is 2.83 bits per heavy atom. The second-order valence-electron chi connectivity index (χ2n) is 5.75. The quantitative estimate of drug-likeness (QED) is 0.844. The molecule has 2 heterocycles. The number of carbonyl (C=O) groups is 2. The van der Waals surface area contributed by atoms with Crippen LogP contribution in [0.15, 0.2) is 36.9 Å². The first-order chi connectivity index (χ1) is 11.5. The summed E-state index contributed by atoms with van der Waals surface area (Å²) in [5, 5.41) is 4.51. The average Bonchev–Trinajstić information content (AvgIpc) is 3.23. The molecule has 126 valence electrons. The third-order valence-corrected chi connectivity index (χ3v) is 4.65. The molecular formula is C16H18ClN5O2.